The second-order valence-electron chi connectivity index (χ2n) is 4.46. The smallest absolute Gasteiger partial charge is 0.336 e. The fourth-order valence-electron chi connectivity index (χ4n) is 2.25. The van der Waals surface area contributed by atoms with Gasteiger partial charge in [-0.1, -0.05) is 29.4 Å². The first-order chi connectivity index (χ1) is 10.2. The Morgan fingerprint density at radius 2 is 2.05 bits per heavy atom. The first-order valence-corrected chi connectivity index (χ1v) is 7.67. The SMILES string of the molecule is CSCc1noc(-c2cccc3cccc(C(=O)O)c23)n1. The monoisotopic (exact) mass is 300 g/mol. The molecule has 1 aromatic heterocycles. The Kier molecular flexibility index (Phi) is 3.62. The summed E-state index contributed by atoms with van der Waals surface area (Å²) in [4.78, 5) is 15.8. The number of hydrogen-bond donors (Lipinski definition) is 1. The molecule has 21 heavy (non-hydrogen) atoms. The third-order valence-electron chi connectivity index (χ3n) is 3.11. The molecule has 0 radical (unpaired) electrons. The van der Waals surface area contributed by atoms with Crippen molar-refractivity contribution in [3.05, 3.63) is 47.8 Å². The van der Waals surface area contributed by atoms with Crippen LogP contribution in [0.25, 0.3) is 22.2 Å². The van der Waals surface area contributed by atoms with Crippen molar-refractivity contribution in [3.8, 4) is 11.5 Å². The Labute approximate surface area is 125 Å². The number of carboxylic acids is 1. The number of fused-ring (bicyclic) bond motifs is 1. The van der Waals surface area contributed by atoms with Crippen LogP contribution in [0, 0.1) is 0 Å². The van der Waals surface area contributed by atoms with Crippen molar-refractivity contribution in [1.82, 2.24) is 10.1 Å². The van der Waals surface area contributed by atoms with Crippen LogP contribution in [-0.2, 0) is 5.75 Å². The maximum absolute atomic E-state index is 11.4. The lowest BCUT2D eigenvalue weighted by Gasteiger charge is -2.06. The molecule has 0 bridgehead atoms. The fourth-order valence-corrected chi connectivity index (χ4v) is 2.62. The van der Waals surface area contributed by atoms with Crippen molar-refractivity contribution in [2.24, 2.45) is 0 Å². The summed E-state index contributed by atoms with van der Waals surface area (Å²) >= 11 is 1.60. The van der Waals surface area contributed by atoms with Gasteiger partial charge in [-0.25, -0.2) is 4.79 Å². The van der Waals surface area contributed by atoms with Crippen molar-refractivity contribution in [2.45, 2.75) is 5.75 Å². The van der Waals surface area contributed by atoms with Crippen LogP contribution in [0.5, 0.6) is 0 Å². The molecular formula is C15H12N2O3S. The summed E-state index contributed by atoms with van der Waals surface area (Å²) in [6.45, 7) is 0. The van der Waals surface area contributed by atoms with E-state index in [4.69, 9.17) is 4.52 Å². The van der Waals surface area contributed by atoms with E-state index in [2.05, 4.69) is 10.1 Å². The van der Waals surface area contributed by atoms with Crippen LogP contribution in [0.2, 0.25) is 0 Å². The van der Waals surface area contributed by atoms with Gasteiger partial charge in [-0.15, -0.1) is 0 Å². The highest BCUT2D eigenvalue weighted by Gasteiger charge is 2.16. The molecule has 1 N–H and O–H groups in total. The average molecular weight is 300 g/mol. The van der Waals surface area contributed by atoms with Gasteiger partial charge < -0.3 is 9.63 Å². The fraction of sp³-hybridized carbons (Fsp3) is 0.133. The molecule has 3 aromatic rings. The zero-order valence-electron chi connectivity index (χ0n) is 11.2. The Balaban J connectivity index is 2.23. The first-order valence-electron chi connectivity index (χ1n) is 6.27. The predicted molar refractivity (Wildman–Crippen MR) is 81.4 cm³/mol. The third-order valence-corrected chi connectivity index (χ3v) is 3.65. The maximum Gasteiger partial charge on any atom is 0.336 e. The van der Waals surface area contributed by atoms with Crippen LogP contribution < -0.4 is 0 Å². The second kappa shape index (κ2) is 5.57. The lowest BCUT2D eigenvalue weighted by molar-refractivity contribution is 0.0699. The van der Waals surface area contributed by atoms with E-state index in [1.165, 1.54) is 0 Å². The van der Waals surface area contributed by atoms with Crippen molar-refractivity contribution in [1.29, 1.82) is 0 Å². The van der Waals surface area contributed by atoms with E-state index < -0.39 is 5.97 Å². The Hall–Kier alpha value is -2.34. The van der Waals surface area contributed by atoms with Crippen molar-refractivity contribution >= 4 is 28.5 Å². The molecule has 0 saturated carbocycles. The van der Waals surface area contributed by atoms with Crippen LogP contribution in [-0.4, -0.2) is 27.5 Å². The minimum Gasteiger partial charge on any atom is -0.478 e. The van der Waals surface area contributed by atoms with Crippen molar-refractivity contribution in [3.63, 3.8) is 0 Å². The molecule has 0 aliphatic carbocycles. The summed E-state index contributed by atoms with van der Waals surface area (Å²) in [5.41, 5.74) is 0.873. The number of thioether (sulfide) groups is 1. The summed E-state index contributed by atoms with van der Waals surface area (Å²) in [7, 11) is 0. The molecular weight excluding hydrogens is 288 g/mol. The van der Waals surface area contributed by atoms with Crippen molar-refractivity contribution in [2.75, 3.05) is 6.26 Å². The molecule has 0 fully saturated rings. The second-order valence-corrected chi connectivity index (χ2v) is 5.33. The van der Waals surface area contributed by atoms with Gasteiger partial charge in [0.15, 0.2) is 5.82 Å². The van der Waals surface area contributed by atoms with Gasteiger partial charge in [0.2, 0.25) is 0 Å². The quantitative estimate of drug-likeness (QED) is 0.795. The van der Waals surface area contributed by atoms with E-state index in [1.807, 2.05) is 24.5 Å². The molecule has 2 aromatic carbocycles. The van der Waals surface area contributed by atoms with E-state index in [0.717, 1.165) is 5.39 Å². The van der Waals surface area contributed by atoms with Crippen LogP contribution in [0.3, 0.4) is 0 Å². The topological polar surface area (TPSA) is 76.2 Å². The van der Waals surface area contributed by atoms with Gasteiger partial charge >= 0.3 is 5.97 Å². The van der Waals surface area contributed by atoms with Gasteiger partial charge in [0.05, 0.1) is 11.3 Å². The normalized spacial score (nSPS) is 10.9. The molecule has 1 heterocycles. The van der Waals surface area contributed by atoms with E-state index >= 15 is 0 Å². The zero-order chi connectivity index (χ0) is 14.8. The van der Waals surface area contributed by atoms with Gasteiger partial charge in [-0.05, 0) is 23.8 Å². The number of carbonyl (C=O) groups is 1. The third kappa shape index (κ3) is 2.50. The largest absolute Gasteiger partial charge is 0.478 e. The average Bonchev–Trinajstić information content (AvgIpc) is 2.94. The molecule has 0 amide bonds. The summed E-state index contributed by atoms with van der Waals surface area (Å²) in [5, 5.41) is 14.7. The number of benzene rings is 2. The number of carboxylic acid groups (broad SMARTS) is 1. The molecule has 0 unspecified atom stereocenters. The number of nitrogens with zero attached hydrogens (tertiary/aromatic N) is 2. The van der Waals surface area contributed by atoms with Gasteiger partial charge in [-0.3, -0.25) is 0 Å². The highest BCUT2D eigenvalue weighted by Crippen LogP contribution is 2.30. The van der Waals surface area contributed by atoms with Gasteiger partial charge in [0.1, 0.15) is 0 Å². The lowest BCUT2D eigenvalue weighted by atomic mass is 9.99. The molecule has 0 aliphatic heterocycles. The summed E-state index contributed by atoms with van der Waals surface area (Å²) < 4.78 is 5.28. The number of hydrogen-bond acceptors (Lipinski definition) is 5. The van der Waals surface area contributed by atoms with Crippen LogP contribution in [0.4, 0.5) is 0 Å². The van der Waals surface area contributed by atoms with Crippen LogP contribution in [0.15, 0.2) is 40.9 Å². The summed E-state index contributed by atoms with van der Waals surface area (Å²) in [5.74, 6) is 0.623. The van der Waals surface area contributed by atoms with Gasteiger partial charge in [-0.2, -0.15) is 16.7 Å². The molecule has 5 nitrogen and oxygen atoms in total. The first kappa shape index (κ1) is 13.6. The highest BCUT2D eigenvalue weighted by molar-refractivity contribution is 7.97. The molecule has 0 aliphatic rings. The van der Waals surface area contributed by atoms with Gasteiger partial charge in [0, 0.05) is 10.9 Å². The molecule has 3 rings (SSSR count). The Morgan fingerprint density at radius 1 is 1.29 bits per heavy atom. The Morgan fingerprint density at radius 3 is 2.76 bits per heavy atom. The Bertz CT molecular complexity index is 808. The van der Waals surface area contributed by atoms with E-state index in [1.54, 1.807) is 30.0 Å². The van der Waals surface area contributed by atoms with E-state index in [0.29, 0.717) is 28.4 Å². The van der Waals surface area contributed by atoms with Crippen LogP contribution >= 0.6 is 11.8 Å². The van der Waals surface area contributed by atoms with E-state index in [-0.39, 0.29) is 5.56 Å². The zero-order valence-corrected chi connectivity index (χ0v) is 12.1. The van der Waals surface area contributed by atoms with E-state index in [9.17, 15) is 9.90 Å². The number of aromatic nitrogens is 2. The van der Waals surface area contributed by atoms with Gasteiger partial charge in [0.25, 0.3) is 5.89 Å². The molecule has 0 atom stereocenters. The lowest BCUT2D eigenvalue weighted by Crippen LogP contribution is -1.98. The molecule has 6 heteroatoms. The van der Waals surface area contributed by atoms with Crippen LogP contribution in [0.1, 0.15) is 16.2 Å². The summed E-state index contributed by atoms with van der Waals surface area (Å²) in [6, 6.07) is 10.7. The standard InChI is InChI=1S/C15H12N2O3S/c1-21-8-12-16-14(20-17-12)10-6-2-4-9-5-3-7-11(13(9)10)15(18)19/h2-7H,8H2,1H3,(H,18,19). The maximum atomic E-state index is 11.4. The minimum atomic E-state index is -0.975. The molecule has 0 spiro atoms. The van der Waals surface area contributed by atoms with Crippen molar-refractivity contribution < 1.29 is 14.4 Å². The molecule has 0 saturated heterocycles. The number of aromatic carboxylic acids is 1. The minimum absolute atomic E-state index is 0.229. The summed E-state index contributed by atoms with van der Waals surface area (Å²) in [6.07, 6.45) is 1.95. The highest BCUT2D eigenvalue weighted by atomic mass is 32.2. The predicted octanol–water partition coefficient (Wildman–Crippen LogP) is 3.45. The molecule has 106 valence electrons. The number of rotatable bonds is 4.